The molecule has 2 heterocycles. The van der Waals surface area contributed by atoms with Crippen LogP contribution in [0.15, 0.2) is 60.7 Å². The number of phenolic OH excluding ortho intramolecular Hbond substituents is 2. The zero-order chi connectivity index (χ0) is 25.2. The number of nitrogens with zero attached hydrogens (tertiary/aromatic N) is 1. The van der Waals surface area contributed by atoms with Crippen LogP contribution in [0.4, 0.5) is 4.39 Å². The average Bonchev–Trinajstić information content (AvgIpc) is 2.86. The third kappa shape index (κ3) is 4.71. The highest BCUT2D eigenvalue weighted by atomic mass is 19.1. The number of benzene rings is 3. The molecular formula is C29H30FNO5. The summed E-state index contributed by atoms with van der Waals surface area (Å²) in [7, 11) is 1.51. The SMILES string of the molecule is COc1ccc(C2=C(C)c3cc(O)ccc3O[C@@H]2c2ccc(OCCN3CC(CF)C3)cc2)cc1O. The maximum Gasteiger partial charge on any atom is 0.160 e. The number of likely N-dealkylation sites (tertiary alicyclic amines) is 1. The second kappa shape index (κ2) is 10.1. The Kier molecular flexibility index (Phi) is 6.74. The molecule has 36 heavy (non-hydrogen) atoms. The van der Waals surface area contributed by atoms with E-state index in [2.05, 4.69) is 4.90 Å². The first kappa shape index (κ1) is 24.0. The van der Waals surface area contributed by atoms with Crippen molar-refractivity contribution in [3.05, 3.63) is 77.4 Å². The van der Waals surface area contributed by atoms with E-state index >= 15 is 0 Å². The largest absolute Gasteiger partial charge is 0.508 e. The first-order chi connectivity index (χ1) is 17.5. The Labute approximate surface area is 210 Å². The van der Waals surface area contributed by atoms with E-state index in [0.717, 1.165) is 53.2 Å². The fourth-order valence-corrected chi connectivity index (χ4v) is 4.89. The predicted molar refractivity (Wildman–Crippen MR) is 136 cm³/mol. The summed E-state index contributed by atoms with van der Waals surface area (Å²) in [4.78, 5) is 2.19. The predicted octanol–water partition coefficient (Wildman–Crippen LogP) is 5.45. The van der Waals surface area contributed by atoms with Crippen LogP contribution in [-0.2, 0) is 0 Å². The average molecular weight is 492 g/mol. The van der Waals surface area contributed by atoms with Crippen molar-refractivity contribution in [3.63, 3.8) is 0 Å². The third-order valence-corrected chi connectivity index (χ3v) is 6.88. The highest BCUT2D eigenvalue weighted by Gasteiger charge is 2.30. The summed E-state index contributed by atoms with van der Waals surface area (Å²) >= 11 is 0. The quantitative estimate of drug-likeness (QED) is 0.437. The molecule has 0 bridgehead atoms. The lowest BCUT2D eigenvalue weighted by Crippen LogP contribution is -2.49. The van der Waals surface area contributed by atoms with E-state index in [9.17, 15) is 14.6 Å². The number of halogens is 1. The molecule has 0 radical (unpaired) electrons. The molecule has 0 unspecified atom stereocenters. The van der Waals surface area contributed by atoms with Crippen molar-refractivity contribution in [2.24, 2.45) is 5.92 Å². The second-order valence-electron chi connectivity index (χ2n) is 9.30. The van der Waals surface area contributed by atoms with Gasteiger partial charge in [0.1, 0.15) is 30.0 Å². The molecule has 2 aliphatic heterocycles. The number of allylic oxidation sites excluding steroid dienone is 1. The van der Waals surface area contributed by atoms with Crippen LogP contribution >= 0.6 is 0 Å². The van der Waals surface area contributed by atoms with E-state index in [1.807, 2.05) is 37.3 Å². The van der Waals surface area contributed by atoms with Crippen molar-refractivity contribution in [1.82, 2.24) is 4.90 Å². The van der Waals surface area contributed by atoms with Gasteiger partial charge >= 0.3 is 0 Å². The van der Waals surface area contributed by atoms with Gasteiger partial charge in [-0.05, 0) is 66.1 Å². The Bertz CT molecular complexity index is 1270. The monoisotopic (exact) mass is 491 g/mol. The minimum atomic E-state index is -0.428. The van der Waals surface area contributed by atoms with E-state index in [1.165, 1.54) is 7.11 Å². The summed E-state index contributed by atoms with van der Waals surface area (Å²) in [6.07, 6.45) is -0.428. The van der Waals surface area contributed by atoms with Crippen molar-refractivity contribution >= 4 is 11.1 Å². The lowest BCUT2D eigenvalue weighted by Gasteiger charge is -2.37. The molecule has 0 saturated carbocycles. The van der Waals surface area contributed by atoms with Crippen molar-refractivity contribution in [3.8, 4) is 28.7 Å². The zero-order valence-electron chi connectivity index (χ0n) is 20.4. The smallest absolute Gasteiger partial charge is 0.160 e. The zero-order valence-corrected chi connectivity index (χ0v) is 20.4. The van der Waals surface area contributed by atoms with Gasteiger partial charge < -0.3 is 24.4 Å². The van der Waals surface area contributed by atoms with Gasteiger partial charge in [0.25, 0.3) is 0 Å². The summed E-state index contributed by atoms with van der Waals surface area (Å²) in [6.45, 7) is 4.66. The molecule has 6 nitrogen and oxygen atoms in total. The number of fused-ring (bicyclic) bond motifs is 1. The Morgan fingerprint density at radius 2 is 1.81 bits per heavy atom. The molecule has 5 rings (SSSR count). The van der Waals surface area contributed by atoms with Gasteiger partial charge in [0.2, 0.25) is 0 Å². The molecule has 0 aromatic heterocycles. The number of ether oxygens (including phenoxy) is 3. The van der Waals surface area contributed by atoms with Gasteiger partial charge in [-0.25, -0.2) is 0 Å². The third-order valence-electron chi connectivity index (χ3n) is 6.88. The molecule has 3 aromatic rings. The van der Waals surface area contributed by atoms with Gasteiger partial charge in [-0.2, -0.15) is 0 Å². The Hall–Kier alpha value is -3.71. The standard InChI is InChI=1S/C29H30FNO5/c1-18-24-14-22(32)6-10-26(24)36-29(28(18)21-5-9-27(34-2)25(33)13-21)20-3-7-23(8-4-20)35-12-11-31-16-19(15-30)17-31/h3-10,13-14,19,29,32-33H,11-12,15-17H2,1-2H3/t29-/m1/s1. The van der Waals surface area contributed by atoms with E-state index in [4.69, 9.17) is 14.2 Å². The molecule has 7 heteroatoms. The van der Waals surface area contributed by atoms with Crippen LogP contribution in [-0.4, -0.2) is 55.1 Å². The maximum atomic E-state index is 12.6. The molecule has 1 atom stereocenters. The second-order valence-corrected chi connectivity index (χ2v) is 9.30. The van der Waals surface area contributed by atoms with Gasteiger partial charge in [-0.3, -0.25) is 9.29 Å². The number of rotatable bonds is 8. The van der Waals surface area contributed by atoms with E-state index < -0.39 is 6.10 Å². The molecule has 3 aromatic carbocycles. The van der Waals surface area contributed by atoms with E-state index in [-0.39, 0.29) is 24.1 Å². The topological polar surface area (TPSA) is 71.4 Å². The van der Waals surface area contributed by atoms with Crippen LogP contribution < -0.4 is 14.2 Å². The van der Waals surface area contributed by atoms with Crippen molar-refractivity contribution in [2.45, 2.75) is 13.0 Å². The molecule has 188 valence electrons. The minimum Gasteiger partial charge on any atom is -0.508 e. The van der Waals surface area contributed by atoms with E-state index in [1.54, 1.807) is 30.3 Å². The fourth-order valence-electron chi connectivity index (χ4n) is 4.89. The van der Waals surface area contributed by atoms with Crippen LogP contribution in [0, 0.1) is 5.92 Å². The molecule has 2 N–H and O–H groups in total. The van der Waals surface area contributed by atoms with Crippen LogP contribution in [0.5, 0.6) is 28.7 Å². The summed E-state index contributed by atoms with van der Waals surface area (Å²) in [5, 5.41) is 20.5. The van der Waals surface area contributed by atoms with Gasteiger partial charge in [0.15, 0.2) is 11.5 Å². The van der Waals surface area contributed by atoms with Crippen molar-refractivity contribution in [2.75, 3.05) is 40.0 Å². The summed E-state index contributed by atoms with van der Waals surface area (Å²) in [5.74, 6) is 2.20. The lowest BCUT2D eigenvalue weighted by molar-refractivity contribution is 0.0668. The molecule has 0 spiro atoms. The normalized spacial score (nSPS) is 17.8. The number of alkyl halides is 1. The van der Waals surface area contributed by atoms with Crippen LogP contribution in [0.2, 0.25) is 0 Å². The number of hydrogen-bond donors (Lipinski definition) is 2. The molecule has 0 amide bonds. The Morgan fingerprint density at radius 3 is 2.50 bits per heavy atom. The lowest BCUT2D eigenvalue weighted by atomic mass is 9.86. The highest BCUT2D eigenvalue weighted by Crippen LogP contribution is 2.48. The van der Waals surface area contributed by atoms with Crippen molar-refractivity contribution < 1.29 is 28.8 Å². The fraction of sp³-hybridized carbons (Fsp3) is 0.310. The Morgan fingerprint density at radius 1 is 1.03 bits per heavy atom. The van der Waals surface area contributed by atoms with Crippen LogP contribution in [0.25, 0.3) is 11.1 Å². The number of phenols is 2. The van der Waals surface area contributed by atoms with Gasteiger partial charge in [0.05, 0.1) is 13.8 Å². The van der Waals surface area contributed by atoms with Gasteiger partial charge in [-0.1, -0.05) is 18.2 Å². The first-order valence-corrected chi connectivity index (χ1v) is 12.1. The number of hydrogen-bond acceptors (Lipinski definition) is 6. The molecule has 2 aliphatic rings. The summed E-state index contributed by atoms with van der Waals surface area (Å²) < 4.78 is 30.2. The minimum absolute atomic E-state index is 0.0412. The van der Waals surface area contributed by atoms with Crippen LogP contribution in [0.3, 0.4) is 0 Å². The molecule has 0 aliphatic carbocycles. The van der Waals surface area contributed by atoms with Gasteiger partial charge in [0, 0.05) is 36.7 Å². The molecular weight excluding hydrogens is 461 g/mol. The Balaban J connectivity index is 1.40. The van der Waals surface area contributed by atoms with Crippen LogP contribution in [0.1, 0.15) is 29.7 Å². The maximum absolute atomic E-state index is 12.6. The molecule has 1 fully saturated rings. The number of methoxy groups -OCH3 is 1. The van der Waals surface area contributed by atoms with E-state index in [0.29, 0.717) is 18.1 Å². The highest BCUT2D eigenvalue weighted by molar-refractivity contribution is 5.96. The van der Waals surface area contributed by atoms with Gasteiger partial charge in [-0.15, -0.1) is 0 Å². The molecule has 1 saturated heterocycles. The summed E-state index contributed by atoms with van der Waals surface area (Å²) in [6, 6.07) is 18.1. The van der Waals surface area contributed by atoms with Crippen molar-refractivity contribution in [1.29, 1.82) is 0 Å². The summed E-state index contributed by atoms with van der Waals surface area (Å²) in [5.41, 5.74) is 4.37. The number of aromatic hydroxyl groups is 2. The first-order valence-electron chi connectivity index (χ1n) is 12.1.